The molecule has 0 unspecified atom stereocenters. The molecule has 43 heavy (non-hydrogen) atoms. The lowest BCUT2D eigenvalue weighted by atomic mass is 9.96. The van der Waals surface area contributed by atoms with Gasteiger partial charge in [-0.1, -0.05) is 6.08 Å². The van der Waals surface area contributed by atoms with Gasteiger partial charge in [-0.15, -0.1) is 0 Å². The number of nitrogens with one attached hydrogen (secondary N) is 4. The molecule has 1 fully saturated rings. The Kier molecular flexibility index (Phi) is 8.23. The van der Waals surface area contributed by atoms with Crippen molar-refractivity contribution in [2.45, 2.75) is 38.5 Å². The third kappa shape index (κ3) is 6.24. The molecule has 2 amide bonds. The van der Waals surface area contributed by atoms with Crippen molar-refractivity contribution in [2.24, 2.45) is 0 Å². The van der Waals surface area contributed by atoms with E-state index in [1.54, 1.807) is 17.2 Å². The number of pyridine rings is 1. The van der Waals surface area contributed by atoms with E-state index in [4.69, 9.17) is 0 Å². The number of anilines is 2. The second-order valence-corrected chi connectivity index (χ2v) is 11.0. The first-order valence-electron chi connectivity index (χ1n) is 13.9. The van der Waals surface area contributed by atoms with Crippen LogP contribution in [-0.2, 0) is 11.0 Å². The van der Waals surface area contributed by atoms with Crippen molar-refractivity contribution >= 4 is 28.8 Å². The monoisotopic (exact) mass is 603 g/mol. The molecule has 5 rings (SSSR count). The van der Waals surface area contributed by atoms with Crippen molar-refractivity contribution in [3.8, 4) is 0 Å². The predicted octanol–water partition coefficient (Wildman–Crippen LogP) is 2.92. The molecule has 1 aromatic heterocycles. The van der Waals surface area contributed by atoms with E-state index in [9.17, 15) is 27.6 Å². The summed E-state index contributed by atoms with van der Waals surface area (Å²) in [6.45, 7) is 6.02. The second-order valence-electron chi connectivity index (χ2n) is 11.0. The lowest BCUT2D eigenvalue weighted by Gasteiger charge is -2.44. The molecule has 3 aliphatic rings. The number of piperazine rings is 1. The van der Waals surface area contributed by atoms with Crippen LogP contribution in [-0.4, -0.2) is 78.6 Å². The van der Waals surface area contributed by atoms with Gasteiger partial charge in [0.05, 0.1) is 29.2 Å². The van der Waals surface area contributed by atoms with E-state index in [0.717, 1.165) is 6.20 Å². The number of amides is 2. The van der Waals surface area contributed by atoms with E-state index in [1.807, 2.05) is 25.8 Å². The average molecular weight is 604 g/mol. The molecule has 2 aromatic rings. The molecule has 2 atom stereocenters. The number of aromatic nitrogens is 1. The SMILES string of the molecule is C[C@@H]1CN(c2cc(F)c(C3=CCN(C(=O)C4=CNCN4)CC3)cc2NC(=O)c2c[nH]c(=O)cc2C(F)(F)F)C[C@H](C)N1C. The van der Waals surface area contributed by atoms with Crippen LogP contribution in [0.3, 0.4) is 0 Å². The van der Waals surface area contributed by atoms with Crippen molar-refractivity contribution in [3.63, 3.8) is 0 Å². The molecule has 230 valence electrons. The molecule has 10 nitrogen and oxygen atoms in total. The largest absolute Gasteiger partial charge is 0.417 e. The third-order valence-corrected chi connectivity index (χ3v) is 8.21. The Morgan fingerprint density at radius 2 is 1.81 bits per heavy atom. The smallest absolute Gasteiger partial charge is 0.372 e. The van der Waals surface area contributed by atoms with Crippen LogP contribution in [0.25, 0.3) is 5.57 Å². The fourth-order valence-electron chi connectivity index (χ4n) is 5.61. The van der Waals surface area contributed by atoms with E-state index in [2.05, 4.69) is 25.8 Å². The quantitative estimate of drug-likeness (QED) is 0.389. The minimum Gasteiger partial charge on any atom is -0.372 e. The van der Waals surface area contributed by atoms with Gasteiger partial charge in [-0.25, -0.2) is 4.39 Å². The summed E-state index contributed by atoms with van der Waals surface area (Å²) in [5, 5.41) is 8.43. The Balaban J connectivity index is 1.50. The summed E-state index contributed by atoms with van der Waals surface area (Å²) in [7, 11) is 1.98. The molecule has 1 saturated heterocycles. The number of alkyl halides is 3. The molecular weight excluding hydrogens is 570 g/mol. The molecule has 3 aliphatic heterocycles. The highest BCUT2D eigenvalue weighted by atomic mass is 19.4. The lowest BCUT2D eigenvalue weighted by Crippen LogP contribution is -2.55. The molecule has 0 aliphatic carbocycles. The van der Waals surface area contributed by atoms with Crippen LogP contribution in [0.1, 0.15) is 41.8 Å². The summed E-state index contributed by atoms with van der Waals surface area (Å²) >= 11 is 0. The van der Waals surface area contributed by atoms with Gasteiger partial charge in [-0.05, 0) is 45.0 Å². The summed E-state index contributed by atoms with van der Waals surface area (Å²) < 4.78 is 57.0. The van der Waals surface area contributed by atoms with Crippen LogP contribution < -0.4 is 26.4 Å². The summed E-state index contributed by atoms with van der Waals surface area (Å²) in [4.78, 5) is 45.5. The molecular formula is C29H33F4N7O3. The Morgan fingerprint density at radius 3 is 2.42 bits per heavy atom. The summed E-state index contributed by atoms with van der Waals surface area (Å²) in [5.74, 6) is -1.84. The number of halogens is 4. The first kappa shape index (κ1) is 30.1. The Bertz CT molecular complexity index is 1540. The number of hydrogen-bond acceptors (Lipinski definition) is 7. The normalized spacial score (nSPS) is 21.1. The Labute approximate surface area is 245 Å². The van der Waals surface area contributed by atoms with Crippen LogP contribution in [0, 0.1) is 5.82 Å². The van der Waals surface area contributed by atoms with E-state index in [0.29, 0.717) is 55.7 Å². The minimum absolute atomic E-state index is 0.0790. The molecule has 0 saturated carbocycles. The molecule has 14 heteroatoms. The lowest BCUT2D eigenvalue weighted by molar-refractivity contribution is -0.138. The number of aromatic amines is 1. The van der Waals surface area contributed by atoms with Crippen molar-refractivity contribution in [2.75, 3.05) is 50.1 Å². The molecule has 4 heterocycles. The van der Waals surface area contributed by atoms with E-state index in [1.165, 1.54) is 12.1 Å². The van der Waals surface area contributed by atoms with E-state index >= 15 is 4.39 Å². The molecule has 4 N–H and O–H groups in total. The number of likely N-dealkylation sites (N-methyl/N-ethyl adjacent to an activating group) is 1. The Hall–Kier alpha value is -4.33. The first-order valence-corrected chi connectivity index (χ1v) is 13.9. The van der Waals surface area contributed by atoms with Gasteiger partial charge in [0.15, 0.2) is 0 Å². The van der Waals surface area contributed by atoms with Crippen molar-refractivity contribution in [1.29, 1.82) is 0 Å². The van der Waals surface area contributed by atoms with E-state index < -0.39 is 34.6 Å². The van der Waals surface area contributed by atoms with Crippen molar-refractivity contribution in [3.05, 3.63) is 75.2 Å². The van der Waals surface area contributed by atoms with Gasteiger partial charge in [0.25, 0.3) is 11.8 Å². The number of benzene rings is 1. The van der Waals surface area contributed by atoms with Crippen LogP contribution in [0.2, 0.25) is 0 Å². The van der Waals surface area contributed by atoms with Gasteiger partial charge in [0.1, 0.15) is 11.5 Å². The maximum absolute atomic E-state index is 15.8. The van der Waals surface area contributed by atoms with Gasteiger partial charge >= 0.3 is 6.18 Å². The highest BCUT2D eigenvalue weighted by Crippen LogP contribution is 2.37. The molecule has 0 bridgehead atoms. The van der Waals surface area contributed by atoms with E-state index in [-0.39, 0.29) is 35.8 Å². The maximum atomic E-state index is 15.8. The minimum atomic E-state index is -4.95. The third-order valence-electron chi connectivity index (χ3n) is 8.21. The highest BCUT2D eigenvalue weighted by molar-refractivity contribution is 6.07. The standard InChI is InChI=1S/C29H33F4N7O3/c1-16-13-40(14-17(2)38(16)3)25-10-22(30)19(18-4-6-39(7-5-18)28(43)24-12-34-15-36-24)8-23(25)37-27(42)20-11-35-26(41)9-21(20)29(31,32)33/h4,8-12,16-17,34,36H,5-7,13-15H2,1-3H3,(H,35,41)(H,37,42)/t16-,17+. The van der Waals surface area contributed by atoms with Gasteiger partial charge in [0.2, 0.25) is 5.56 Å². The zero-order valence-electron chi connectivity index (χ0n) is 23.9. The first-order chi connectivity index (χ1) is 20.3. The predicted molar refractivity (Wildman–Crippen MR) is 154 cm³/mol. The molecule has 0 radical (unpaired) electrons. The number of nitrogens with zero attached hydrogens (tertiary/aromatic N) is 3. The summed E-state index contributed by atoms with van der Waals surface area (Å²) in [5.41, 5.74) is -1.44. The number of H-pyrrole nitrogens is 1. The number of hydrogen-bond donors (Lipinski definition) is 4. The second kappa shape index (κ2) is 11.7. The Morgan fingerprint density at radius 1 is 1.09 bits per heavy atom. The number of carbonyl (C=O) groups is 2. The zero-order chi connectivity index (χ0) is 31.1. The number of carbonyl (C=O) groups excluding carboxylic acids is 2. The van der Waals surface area contributed by atoms with Gasteiger partial charge in [-0.3, -0.25) is 19.3 Å². The summed E-state index contributed by atoms with van der Waals surface area (Å²) in [6, 6.07) is 3.22. The van der Waals surface area contributed by atoms with Crippen molar-refractivity contribution < 1.29 is 27.2 Å². The van der Waals surface area contributed by atoms with Gasteiger partial charge in [0, 0.05) is 62.3 Å². The number of rotatable bonds is 5. The van der Waals surface area contributed by atoms with Gasteiger partial charge < -0.3 is 30.7 Å². The maximum Gasteiger partial charge on any atom is 0.417 e. The van der Waals surface area contributed by atoms with Crippen molar-refractivity contribution in [1.82, 2.24) is 25.4 Å². The molecule has 1 aromatic carbocycles. The van der Waals surface area contributed by atoms with Crippen LogP contribution in [0.15, 0.2) is 47.2 Å². The van der Waals surface area contributed by atoms with Crippen LogP contribution in [0.5, 0.6) is 0 Å². The average Bonchev–Trinajstić information content (AvgIpc) is 3.51. The fourth-order valence-corrected chi connectivity index (χ4v) is 5.61. The van der Waals surface area contributed by atoms with Crippen LogP contribution >= 0.6 is 0 Å². The van der Waals surface area contributed by atoms with Gasteiger partial charge in [-0.2, -0.15) is 13.2 Å². The molecule has 0 spiro atoms. The zero-order valence-corrected chi connectivity index (χ0v) is 23.9. The highest BCUT2D eigenvalue weighted by Gasteiger charge is 2.36. The summed E-state index contributed by atoms with van der Waals surface area (Å²) in [6.07, 6.45) is -0.559. The fraction of sp³-hybridized carbons (Fsp3) is 0.414. The topological polar surface area (TPSA) is 113 Å². The van der Waals surface area contributed by atoms with Crippen LogP contribution in [0.4, 0.5) is 28.9 Å².